The van der Waals surface area contributed by atoms with Crippen LogP contribution >= 0.6 is 0 Å². The maximum atomic E-state index is 9.94. The van der Waals surface area contributed by atoms with Gasteiger partial charge in [0, 0.05) is 37.7 Å². The standard InChI is InChI=1S/C14H19N3O/c1-16-8-11(7-15-16)5-6-17-9-12-3-2-4-14(18)13(12)10-17/h7-10,14,18H,2-6H2,1H3. The summed E-state index contributed by atoms with van der Waals surface area (Å²) in [4.78, 5) is 0. The minimum Gasteiger partial charge on any atom is -0.388 e. The van der Waals surface area contributed by atoms with Gasteiger partial charge in [0.2, 0.25) is 0 Å². The second kappa shape index (κ2) is 4.61. The summed E-state index contributed by atoms with van der Waals surface area (Å²) in [5.74, 6) is 0. The van der Waals surface area contributed by atoms with Gasteiger partial charge in [-0.15, -0.1) is 0 Å². The van der Waals surface area contributed by atoms with E-state index in [1.54, 1.807) is 0 Å². The minimum absolute atomic E-state index is 0.256. The smallest absolute Gasteiger partial charge is 0.0807 e. The van der Waals surface area contributed by atoms with Crippen molar-refractivity contribution in [1.29, 1.82) is 0 Å². The fourth-order valence-electron chi connectivity index (χ4n) is 2.71. The average Bonchev–Trinajstić information content (AvgIpc) is 2.93. The Labute approximate surface area is 107 Å². The first-order valence-electron chi connectivity index (χ1n) is 6.56. The highest BCUT2D eigenvalue weighted by Crippen LogP contribution is 2.30. The van der Waals surface area contributed by atoms with Gasteiger partial charge in [0.1, 0.15) is 0 Å². The van der Waals surface area contributed by atoms with E-state index in [0.717, 1.165) is 37.8 Å². The van der Waals surface area contributed by atoms with Gasteiger partial charge in [-0.3, -0.25) is 4.68 Å². The van der Waals surface area contributed by atoms with Crippen LogP contribution in [0.5, 0.6) is 0 Å². The van der Waals surface area contributed by atoms with Crippen LogP contribution in [0.1, 0.15) is 35.6 Å². The lowest BCUT2D eigenvalue weighted by Crippen LogP contribution is -2.05. The summed E-state index contributed by atoms with van der Waals surface area (Å²) in [6, 6.07) is 0. The molecule has 96 valence electrons. The van der Waals surface area contributed by atoms with Crippen molar-refractivity contribution in [3.63, 3.8) is 0 Å². The number of aliphatic hydroxyl groups is 1. The molecule has 3 rings (SSSR count). The van der Waals surface area contributed by atoms with Crippen LogP contribution in [0.3, 0.4) is 0 Å². The number of aryl methyl sites for hydroxylation is 4. The van der Waals surface area contributed by atoms with Crippen LogP contribution in [-0.2, 0) is 26.4 Å². The molecule has 2 aromatic heterocycles. The molecule has 18 heavy (non-hydrogen) atoms. The number of aromatic nitrogens is 3. The van der Waals surface area contributed by atoms with Gasteiger partial charge in [-0.25, -0.2) is 0 Å². The number of aliphatic hydroxyl groups excluding tert-OH is 1. The first-order valence-corrected chi connectivity index (χ1v) is 6.56. The molecule has 0 fully saturated rings. The Balaban J connectivity index is 1.70. The molecule has 0 saturated carbocycles. The largest absolute Gasteiger partial charge is 0.388 e. The summed E-state index contributed by atoms with van der Waals surface area (Å²) in [5, 5.41) is 14.1. The summed E-state index contributed by atoms with van der Waals surface area (Å²) in [5.41, 5.74) is 3.71. The van der Waals surface area contributed by atoms with Gasteiger partial charge in [-0.2, -0.15) is 5.10 Å². The minimum atomic E-state index is -0.256. The van der Waals surface area contributed by atoms with Gasteiger partial charge >= 0.3 is 0 Å². The lowest BCUT2D eigenvalue weighted by atomic mass is 9.93. The third-order valence-corrected chi connectivity index (χ3v) is 3.70. The first-order chi connectivity index (χ1) is 8.72. The number of rotatable bonds is 3. The van der Waals surface area contributed by atoms with Crippen LogP contribution in [0.15, 0.2) is 24.8 Å². The fourth-order valence-corrected chi connectivity index (χ4v) is 2.71. The third kappa shape index (κ3) is 2.20. The Morgan fingerprint density at radius 2 is 2.28 bits per heavy atom. The zero-order valence-corrected chi connectivity index (χ0v) is 10.7. The molecule has 0 amide bonds. The Hall–Kier alpha value is -1.55. The maximum absolute atomic E-state index is 9.94. The highest BCUT2D eigenvalue weighted by atomic mass is 16.3. The van der Waals surface area contributed by atoms with E-state index in [2.05, 4.69) is 28.3 Å². The van der Waals surface area contributed by atoms with Crippen molar-refractivity contribution >= 4 is 0 Å². The van der Waals surface area contributed by atoms with Crippen LogP contribution < -0.4 is 0 Å². The van der Waals surface area contributed by atoms with E-state index in [4.69, 9.17) is 0 Å². The van der Waals surface area contributed by atoms with E-state index in [-0.39, 0.29) is 6.10 Å². The molecule has 0 spiro atoms. The van der Waals surface area contributed by atoms with Crippen molar-refractivity contribution in [3.8, 4) is 0 Å². The molecule has 1 N–H and O–H groups in total. The maximum Gasteiger partial charge on any atom is 0.0807 e. The average molecular weight is 245 g/mol. The van der Waals surface area contributed by atoms with Crippen molar-refractivity contribution in [1.82, 2.24) is 14.3 Å². The van der Waals surface area contributed by atoms with Gasteiger partial charge in [0.05, 0.1) is 12.3 Å². The number of fused-ring (bicyclic) bond motifs is 1. The van der Waals surface area contributed by atoms with E-state index < -0.39 is 0 Å². The summed E-state index contributed by atoms with van der Waals surface area (Å²) in [7, 11) is 1.94. The molecular formula is C14H19N3O. The molecular weight excluding hydrogens is 226 g/mol. The monoisotopic (exact) mass is 245 g/mol. The molecule has 1 aliphatic rings. The number of hydrogen-bond donors (Lipinski definition) is 1. The van der Waals surface area contributed by atoms with E-state index >= 15 is 0 Å². The predicted octanol–water partition coefficient (Wildman–Crippen LogP) is 1.83. The predicted molar refractivity (Wildman–Crippen MR) is 69.2 cm³/mol. The summed E-state index contributed by atoms with van der Waals surface area (Å²) >= 11 is 0. The summed E-state index contributed by atoms with van der Waals surface area (Å²) < 4.78 is 4.03. The molecule has 1 aliphatic carbocycles. The van der Waals surface area contributed by atoms with Gasteiger partial charge in [0.15, 0.2) is 0 Å². The summed E-state index contributed by atoms with van der Waals surface area (Å²) in [6.45, 7) is 0.950. The highest BCUT2D eigenvalue weighted by molar-refractivity contribution is 5.29. The lowest BCUT2D eigenvalue weighted by Gasteiger charge is -2.16. The van der Waals surface area contributed by atoms with E-state index in [1.165, 1.54) is 11.1 Å². The topological polar surface area (TPSA) is 43.0 Å². The molecule has 0 aromatic carbocycles. The SMILES string of the molecule is Cn1cc(CCn2cc3c(c2)C(O)CCC3)cn1. The molecule has 0 aliphatic heterocycles. The molecule has 0 saturated heterocycles. The fraction of sp³-hybridized carbons (Fsp3) is 0.500. The molecule has 2 heterocycles. The Morgan fingerprint density at radius 3 is 3.00 bits per heavy atom. The Kier molecular flexibility index (Phi) is 2.96. The molecule has 2 aromatic rings. The van der Waals surface area contributed by atoms with Crippen LogP contribution in [0, 0.1) is 0 Å². The zero-order chi connectivity index (χ0) is 12.5. The lowest BCUT2D eigenvalue weighted by molar-refractivity contribution is 0.157. The van der Waals surface area contributed by atoms with Gasteiger partial charge in [-0.05, 0) is 36.8 Å². The van der Waals surface area contributed by atoms with Crippen molar-refractivity contribution in [2.75, 3.05) is 0 Å². The normalized spacial score (nSPS) is 18.9. The number of nitrogens with zero attached hydrogens (tertiary/aromatic N) is 3. The Bertz CT molecular complexity index is 541. The second-order valence-corrected chi connectivity index (χ2v) is 5.16. The third-order valence-electron chi connectivity index (χ3n) is 3.70. The summed E-state index contributed by atoms with van der Waals surface area (Å²) in [6.07, 6.45) is 12.1. The zero-order valence-electron chi connectivity index (χ0n) is 10.7. The van der Waals surface area contributed by atoms with E-state index in [1.807, 2.05) is 17.9 Å². The van der Waals surface area contributed by atoms with Crippen LogP contribution in [0.2, 0.25) is 0 Å². The second-order valence-electron chi connectivity index (χ2n) is 5.16. The van der Waals surface area contributed by atoms with E-state index in [9.17, 15) is 5.11 Å². The van der Waals surface area contributed by atoms with Crippen molar-refractivity contribution in [3.05, 3.63) is 41.5 Å². The molecule has 1 unspecified atom stereocenters. The molecule has 4 heteroatoms. The molecule has 1 atom stereocenters. The van der Waals surface area contributed by atoms with Crippen LogP contribution in [0.25, 0.3) is 0 Å². The quantitative estimate of drug-likeness (QED) is 0.896. The van der Waals surface area contributed by atoms with Crippen LogP contribution in [-0.4, -0.2) is 19.5 Å². The molecule has 0 radical (unpaired) electrons. The number of hydrogen-bond acceptors (Lipinski definition) is 2. The Morgan fingerprint density at radius 1 is 1.39 bits per heavy atom. The van der Waals surface area contributed by atoms with Gasteiger partial charge < -0.3 is 9.67 Å². The van der Waals surface area contributed by atoms with Crippen molar-refractivity contribution in [2.45, 2.75) is 38.3 Å². The first kappa shape index (κ1) is 11.5. The van der Waals surface area contributed by atoms with Crippen molar-refractivity contribution in [2.24, 2.45) is 7.05 Å². The van der Waals surface area contributed by atoms with Gasteiger partial charge in [0.25, 0.3) is 0 Å². The van der Waals surface area contributed by atoms with Gasteiger partial charge in [-0.1, -0.05) is 0 Å². The van der Waals surface area contributed by atoms with E-state index in [0.29, 0.717) is 0 Å². The van der Waals surface area contributed by atoms with Crippen molar-refractivity contribution < 1.29 is 5.11 Å². The molecule has 4 nitrogen and oxygen atoms in total. The van der Waals surface area contributed by atoms with Crippen LogP contribution in [0.4, 0.5) is 0 Å². The molecule has 0 bridgehead atoms. The highest BCUT2D eigenvalue weighted by Gasteiger charge is 2.19.